The van der Waals surface area contributed by atoms with Gasteiger partial charge in [-0.25, -0.2) is 23.1 Å². The zero-order valence-corrected chi connectivity index (χ0v) is 16.5. The molecule has 1 atom stereocenters. The maximum atomic E-state index is 15.0. The predicted molar refractivity (Wildman–Crippen MR) is 108 cm³/mol. The first-order chi connectivity index (χ1) is 15.1. The van der Waals surface area contributed by atoms with Crippen LogP contribution in [0.2, 0.25) is 0 Å². The molecule has 0 bridgehead atoms. The molecule has 162 valence electrons. The lowest BCUT2D eigenvalue weighted by molar-refractivity contribution is -0.200. The second-order valence-corrected chi connectivity index (χ2v) is 7.78. The summed E-state index contributed by atoms with van der Waals surface area (Å²) >= 11 is 0. The van der Waals surface area contributed by atoms with Crippen molar-refractivity contribution in [3.05, 3.63) is 59.2 Å². The first kappa shape index (κ1) is 21.2. The fraction of sp³-hybridized carbons (Fsp3) is 0.273. The van der Waals surface area contributed by atoms with Crippen LogP contribution in [0.3, 0.4) is 0 Å². The van der Waals surface area contributed by atoms with E-state index in [1.165, 1.54) is 30.5 Å². The number of hydrogen-bond acceptors (Lipinski definition) is 6. The van der Waals surface area contributed by atoms with Gasteiger partial charge in [-0.05, 0) is 30.3 Å². The maximum absolute atomic E-state index is 15.0. The van der Waals surface area contributed by atoms with Crippen LogP contribution >= 0.6 is 0 Å². The number of amidine groups is 1. The molecule has 4 rings (SSSR count). The van der Waals surface area contributed by atoms with Crippen molar-refractivity contribution >= 4 is 17.6 Å². The molecule has 2 aliphatic rings. The van der Waals surface area contributed by atoms with E-state index in [2.05, 4.69) is 21.2 Å². The van der Waals surface area contributed by atoms with Crippen molar-refractivity contribution in [1.29, 1.82) is 5.26 Å². The number of anilines is 1. The molecule has 1 aliphatic heterocycles. The van der Waals surface area contributed by atoms with Crippen LogP contribution in [0.15, 0.2) is 41.5 Å². The highest BCUT2D eigenvalue weighted by molar-refractivity contribution is 6.02. The topological polar surface area (TPSA) is 113 Å². The van der Waals surface area contributed by atoms with Gasteiger partial charge in [0.25, 0.3) is 11.9 Å². The van der Waals surface area contributed by atoms with E-state index in [9.17, 15) is 18.0 Å². The van der Waals surface area contributed by atoms with Crippen LogP contribution < -0.4 is 11.1 Å². The van der Waals surface area contributed by atoms with Crippen molar-refractivity contribution in [3.63, 3.8) is 0 Å². The average molecular weight is 439 g/mol. The number of halogens is 3. The van der Waals surface area contributed by atoms with Crippen LogP contribution in [-0.2, 0) is 10.3 Å². The molecule has 1 aromatic carbocycles. The van der Waals surface area contributed by atoms with Crippen molar-refractivity contribution in [2.24, 2.45) is 16.1 Å². The molecule has 1 unspecified atom stereocenters. The lowest BCUT2D eigenvalue weighted by Crippen LogP contribution is -2.62. The van der Waals surface area contributed by atoms with Crippen LogP contribution in [-0.4, -0.2) is 29.4 Å². The third-order valence-electron chi connectivity index (χ3n) is 5.68. The molecular weight excluding hydrogens is 423 g/mol. The van der Waals surface area contributed by atoms with E-state index in [-0.39, 0.29) is 35.1 Å². The van der Waals surface area contributed by atoms with E-state index in [4.69, 9.17) is 22.2 Å². The Bertz CT molecular complexity index is 1210. The van der Waals surface area contributed by atoms with Gasteiger partial charge in [0.15, 0.2) is 5.54 Å². The van der Waals surface area contributed by atoms with Crippen LogP contribution in [0.1, 0.15) is 34.5 Å². The van der Waals surface area contributed by atoms with Gasteiger partial charge < -0.3 is 15.8 Å². The number of nitrogens with zero attached hydrogens (tertiary/aromatic N) is 3. The Hall–Kier alpha value is -4.05. The molecule has 1 amide bonds. The summed E-state index contributed by atoms with van der Waals surface area (Å²) in [5.41, 5.74) is 2.76. The third-order valence-corrected chi connectivity index (χ3v) is 5.68. The molecule has 1 saturated carbocycles. The SMILES string of the molecule is C#CC1(c2cc(NC(=O)c3ccc(C#N)cn3)ccc2F)N=C(N)OCC12CC(F)(F)C2. The van der Waals surface area contributed by atoms with E-state index < -0.39 is 41.4 Å². The number of terminal acetylenes is 1. The van der Waals surface area contributed by atoms with Gasteiger partial charge in [0.1, 0.15) is 24.2 Å². The lowest BCUT2D eigenvalue weighted by atomic mass is 9.53. The molecule has 1 fully saturated rings. The minimum atomic E-state index is -2.99. The van der Waals surface area contributed by atoms with Crippen molar-refractivity contribution < 1.29 is 22.7 Å². The number of nitriles is 1. The molecule has 7 nitrogen and oxygen atoms in total. The summed E-state index contributed by atoms with van der Waals surface area (Å²) in [6.45, 7) is -0.243. The summed E-state index contributed by atoms with van der Waals surface area (Å²) in [7, 11) is 0. The third kappa shape index (κ3) is 3.30. The number of alkyl halides is 2. The zero-order chi connectivity index (χ0) is 23.1. The van der Waals surface area contributed by atoms with Crippen LogP contribution in [0.4, 0.5) is 18.9 Å². The Balaban J connectivity index is 1.72. The molecule has 1 aliphatic carbocycles. The molecule has 2 aromatic rings. The summed E-state index contributed by atoms with van der Waals surface area (Å²) < 4.78 is 47.9. The van der Waals surface area contributed by atoms with E-state index in [1.807, 2.05) is 6.07 Å². The van der Waals surface area contributed by atoms with Gasteiger partial charge in [-0.3, -0.25) is 4.79 Å². The smallest absolute Gasteiger partial charge is 0.283 e. The number of carbonyl (C=O) groups excluding carboxylic acids is 1. The molecular formula is C22H16F3N5O2. The first-order valence-corrected chi connectivity index (χ1v) is 9.45. The Labute approximate surface area is 181 Å². The predicted octanol–water partition coefficient (Wildman–Crippen LogP) is 2.93. The molecule has 3 N–H and O–H groups in total. The molecule has 2 heterocycles. The van der Waals surface area contributed by atoms with Crippen molar-refractivity contribution in [1.82, 2.24) is 4.98 Å². The monoisotopic (exact) mass is 439 g/mol. The fourth-order valence-corrected chi connectivity index (χ4v) is 4.21. The van der Waals surface area contributed by atoms with Gasteiger partial charge in [0.05, 0.1) is 11.0 Å². The van der Waals surface area contributed by atoms with Crippen LogP contribution in [0.25, 0.3) is 0 Å². The minimum absolute atomic E-state index is 0.0185. The number of pyridine rings is 1. The molecule has 0 saturated heterocycles. The average Bonchev–Trinajstić information content (AvgIpc) is 2.75. The van der Waals surface area contributed by atoms with E-state index in [0.29, 0.717) is 0 Å². The number of carbonyl (C=O) groups is 1. The number of amides is 1. The zero-order valence-electron chi connectivity index (χ0n) is 16.5. The van der Waals surface area contributed by atoms with Gasteiger partial charge >= 0.3 is 0 Å². The first-order valence-electron chi connectivity index (χ1n) is 9.45. The van der Waals surface area contributed by atoms with Gasteiger partial charge in [0.2, 0.25) is 5.92 Å². The Morgan fingerprint density at radius 1 is 1.28 bits per heavy atom. The second kappa shape index (κ2) is 7.27. The lowest BCUT2D eigenvalue weighted by Gasteiger charge is -2.56. The number of hydrogen-bond donors (Lipinski definition) is 2. The van der Waals surface area contributed by atoms with Gasteiger partial charge in [-0.2, -0.15) is 5.26 Å². The summed E-state index contributed by atoms with van der Waals surface area (Å²) in [5, 5.41) is 11.4. The number of nitrogens with one attached hydrogen (secondary N) is 1. The molecule has 1 aromatic heterocycles. The number of aromatic nitrogens is 1. The number of rotatable bonds is 3. The summed E-state index contributed by atoms with van der Waals surface area (Å²) in [4.78, 5) is 20.5. The van der Waals surface area contributed by atoms with Gasteiger partial charge in [0, 0.05) is 30.3 Å². The molecule has 10 heteroatoms. The van der Waals surface area contributed by atoms with Crippen molar-refractivity contribution in [3.8, 4) is 18.4 Å². The fourth-order valence-electron chi connectivity index (χ4n) is 4.21. The quantitative estimate of drug-likeness (QED) is 0.714. The highest BCUT2D eigenvalue weighted by Gasteiger charge is 2.69. The molecule has 0 radical (unpaired) electrons. The minimum Gasteiger partial charge on any atom is -0.465 e. The van der Waals surface area contributed by atoms with E-state index in [1.54, 1.807) is 0 Å². The summed E-state index contributed by atoms with van der Waals surface area (Å²) in [6.07, 6.45) is 5.68. The van der Waals surface area contributed by atoms with Gasteiger partial charge in [-0.15, -0.1) is 6.42 Å². The normalized spacial score (nSPS) is 22.5. The number of aliphatic imine (C=N–C) groups is 1. The largest absolute Gasteiger partial charge is 0.465 e. The summed E-state index contributed by atoms with van der Waals surface area (Å²) in [6, 6.07) is 7.93. The Morgan fingerprint density at radius 2 is 2.03 bits per heavy atom. The van der Waals surface area contributed by atoms with Crippen molar-refractivity contribution in [2.45, 2.75) is 24.3 Å². The summed E-state index contributed by atoms with van der Waals surface area (Å²) in [5.74, 6) is -2.02. The second-order valence-electron chi connectivity index (χ2n) is 7.78. The van der Waals surface area contributed by atoms with Gasteiger partial charge in [-0.1, -0.05) is 5.92 Å². The molecule has 1 spiro atoms. The number of nitrogens with two attached hydrogens (primary N) is 1. The Kier molecular flexibility index (Phi) is 4.82. The highest BCUT2D eigenvalue weighted by Crippen LogP contribution is 2.63. The Morgan fingerprint density at radius 3 is 2.62 bits per heavy atom. The van der Waals surface area contributed by atoms with E-state index in [0.717, 1.165) is 6.07 Å². The maximum Gasteiger partial charge on any atom is 0.283 e. The number of benzene rings is 1. The van der Waals surface area contributed by atoms with Crippen molar-refractivity contribution in [2.75, 3.05) is 11.9 Å². The van der Waals surface area contributed by atoms with E-state index >= 15 is 0 Å². The highest BCUT2D eigenvalue weighted by atomic mass is 19.3. The standard InChI is InChI=1S/C22H16F3N5O2/c1-2-22(20(10-21(24,25)11-20)12-32-19(27)30-22)15-7-14(4-5-16(15)23)29-18(31)17-6-3-13(8-26)9-28-17/h1,3-7,9H,10-12H2,(H2,27,30)(H,29,31). The van der Waals surface area contributed by atoms with Crippen LogP contribution in [0.5, 0.6) is 0 Å². The number of ether oxygens (including phenoxy) is 1. The van der Waals surface area contributed by atoms with Crippen LogP contribution in [0, 0.1) is 34.9 Å². The molecule has 32 heavy (non-hydrogen) atoms.